The molecule has 0 bridgehead atoms. The standard InChI is InChI=1S/C9H20O14P2/c10-1-3(11)2-21-25(19,20)23-9-6(14)4(12)8(5(13)7(9)15)22-24(16,17)18/h3-15H,1-2H2,(H,19,20)(H2,16,17,18)/t3-,4-,5+,6+,7+,8?,9?/m0/s1. The van der Waals surface area contributed by atoms with Crippen molar-refractivity contribution in [2.45, 2.75) is 42.7 Å². The summed E-state index contributed by atoms with van der Waals surface area (Å²) in [5.41, 5.74) is 0. The molecular weight excluding hydrogens is 394 g/mol. The van der Waals surface area contributed by atoms with Crippen molar-refractivity contribution in [3.63, 3.8) is 0 Å². The second kappa shape index (κ2) is 8.78. The third-order valence-corrected chi connectivity index (χ3v) is 4.70. The van der Waals surface area contributed by atoms with E-state index >= 15 is 0 Å². The fourth-order valence-corrected chi connectivity index (χ4v) is 3.55. The summed E-state index contributed by atoms with van der Waals surface area (Å²) < 4.78 is 35.3. The predicted octanol–water partition coefficient (Wildman–Crippen LogP) is -4.22. The number of phosphoric ester groups is 2. The summed E-state index contributed by atoms with van der Waals surface area (Å²) in [6.45, 7) is -1.65. The Morgan fingerprint density at radius 3 is 1.60 bits per heavy atom. The Kier molecular flexibility index (Phi) is 8.08. The molecule has 3 unspecified atom stereocenters. The lowest BCUT2D eigenvalue weighted by Crippen LogP contribution is -2.64. The lowest BCUT2D eigenvalue weighted by Gasteiger charge is -2.43. The molecule has 16 heteroatoms. The number of aliphatic hydroxyl groups is 6. The van der Waals surface area contributed by atoms with Crippen molar-refractivity contribution in [1.82, 2.24) is 0 Å². The molecule has 150 valence electrons. The molecule has 0 aromatic heterocycles. The van der Waals surface area contributed by atoms with Crippen LogP contribution in [0.1, 0.15) is 0 Å². The average Bonchev–Trinajstić information content (AvgIpc) is 2.50. The zero-order valence-electron chi connectivity index (χ0n) is 12.4. The van der Waals surface area contributed by atoms with Crippen LogP contribution in [0.3, 0.4) is 0 Å². The van der Waals surface area contributed by atoms with Crippen LogP contribution in [0.2, 0.25) is 0 Å². The zero-order chi connectivity index (χ0) is 19.6. The van der Waals surface area contributed by atoms with Gasteiger partial charge in [0.05, 0.1) is 13.2 Å². The van der Waals surface area contributed by atoms with E-state index in [1.54, 1.807) is 0 Å². The van der Waals surface area contributed by atoms with Gasteiger partial charge in [0.15, 0.2) is 0 Å². The molecule has 0 aromatic carbocycles. The molecule has 8 atom stereocenters. The molecule has 1 aliphatic carbocycles. The van der Waals surface area contributed by atoms with Crippen LogP contribution in [-0.4, -0.2) is 101 Å². The maximum absolute atomic E-state index is 11.7. The van der Waals surface area contributed by atoms with E-state index < -0.39 is 71.6 Å². The Morgan fingerprint density at radius 2 is 1.24 bits per heavy atom. The zero-order valence-corrected chi connectivity index (χ0v) is 14.2. The summed E-state index contributed by atoms with van der Waals surface area (Å²) >= 11 is 0. The van der Waals surface area contributed by atoms with E-state index in [1.807, 2.05) is 0 Å². The van der Waals surface area contributed by atoms with E-state index in [0.29, 0.717) is 0 Å². The van der Waals surface area contributed by atoms with Crippen LogP contribution in [0.5, 0.6) is 0 Å². The van der Waals surface area contributed by atoms with E-state index in [4.69, 9.17) is 20.0 Å². The highest BCUT2D eigenvalue weighted by Crippen LogP contribution is 2.48. The lowest BCUT2D eigenvalue weighted by atomic mass is 9.85. The first-order chi connectivity index (χ1) is 11.3. The molecule has 0 aliphatic heterocycles. The quantitative estimate of drug-likeness (QED) is 0.171. The predicted molar refractivity (Wildman–Crippen MR) is 74.7 cm³/mol. The van der Waals surface area contributed by atoms with Gasteiger partial charge in [-0.05, 0) is 0 Å². The molecule has 0 radical (unpaired) electrons. The van der Waals surface area contributed by atoms with E-state index in [0.717, 1.165) is 0 Å². The number of rotatable bonds is 8. The smallest absolute Gasteiger partial charge is 0.394 e. The van der Waals surface area contributed by atoms with Crippen LogP contribution in [0.25, 0.3) is 0 Å². The van der Waals surface area contributed by atoms with Gasteiger partial charge in [-0.3, -0.25) is 13.6 Å². The molecule has 0 heterocycles. The van der Waals surface area contributed by atoms with Gasteiger partial charge in [-0.1, -0.05) is 0 Å². The molecule has 14 nitrogen and oxygen atoms in total. The average molecular weight is 414 g/mol. The molecule has 0 amide bonds. The van der Waals surface area contributed by atoms with Gasteiger partial charge in [-0.2, -0.15) is 0 Å². The fourth-order valence-electron chi connectivity index (χ4n) is 2.01. The fraction of sp³-hybridized carbons (Fsp3) is 1.00. The Hall–Kier alpha value is -0.0200. The molecule has 0 saturated heterocycles. The summed E-state index contributed by atoms with van der Waals surface area (Å²) in [5, 5.41) is 56.8. The molecule has 1 saturated carbocycles. The minimum atomic E-state index is -5.21. The first kappa shape index (κ1) is 23.0. The third kappa shape index (κ3) is 6.57. The molecule has 0 aromatic rings. The van der Waals surface area contributed by atoms with Crippen molar-refractivity contribution in [2.24, 2.45) is 0 Å². The Balaban J connectivity index is 2.85. The van der Waals surface area contributed by atoms with Gasteiger partial charge in [-0.15, -0.1) is 0 Å². The SMILES string of the molecule is O=P(O)(O)OC1[C@@H](O)[C@@H](O)C(OP(=O)(O)OC[C@@H](O)CO)[C@H](O)[C@H]1O. The summed E-state index contributed by atoms with van der Waals surface area (Å²) in [4.78, 5) is 26.8. The second-order valence-electron chi connectivity index (χ2n) is 5.19. The summed E-state index contributed by atoms with van der Waals surface area (Å²) in [7, 11) is -10.2. The summed E-state index contributed by atoms with van der Waals surface area (Å²) in [6.07, 6.45) is -14.6. The van der Waals surface area contributed by atoms with Gasteiger partial charge in [0.25, 0.3) is 0 Å². The number of hydrogen-bond acceptors (Lipinski definition) is 11. The van der Waals surface area contributed by atoms with E-state index in [-0.39, 0.29) is 0 Å². The molecule has 1 fully saturated rings. The highest BCUT2D eigenvalue weighted by molar-refractivity contribution is 7.47. The first-order valence-electron chi connectivity index (χ1n) is 6.70. The monoisotopic (exact) mass is 414 g/mol. The summed E-state index contributed by atoms with van der Waals surface area (Å²) in [6, 6.07) is 0. The molecule has 1 aliphatic rings. The normalized spacial score (nSPS) is 37.5. The van der Waals surface area contributed by atoms with Gasteiger partial charge in [0, 0.05) is 0 Å². The highest BCUT2D eigenvalue weighted by atomic mass is 31.2. The molecule has 0 spiro atoms. The van der Waals surface area contributed by atoms with Gasteiger partial charge in [0.2, 0.25) is 0 Å². The van der Waals surface area contributed by atoms with Gasteiger partial charge < -0.3 is 45.3 Å². The van der Waals surface area contributed by atoms with Crippen molar-refractivity contribution < 1.29 is 68.0 Å². The third-order valence-electron chi connectivity index (χ3n) is 3.20. The summed E-state index contributed by atoms with van der Waals surface area (Å²) in [5.74, 6) is 0. The number of aliphatic hydroxyl groups excluding tert-OH is 6. The Labute approximate surface area is 140 Å². The minimum Gasteiger partial charge on any atom is -0.394 e. The Morgan fingerprint density at radius 1 is 0.840 bits per heavy atom. The van der Waals surface area contributed by atoms with Crippen LogP contribution < -0.4 is 0 Å². The van der Waals surface area contributed by atoms with Gasteiger partial charge >= 0.3 is 15.6 Å². The second-order valence-corrected chi connectivity index (χ2v) is 7.79. The van der Waals surface area contributed by atoms with Gasteiger partial charge in [-0.25, -0.2) is 9.13 Å². The Bertz CT molecular complexity index is 506. The lowest BCUT2D eigenvalue weighted by molar-refractivity contribution is -0.216. The van der Waals surface area contributed by atoms with Crippen LogP contribution in [-0.2, 0) is 22.7 Å². The van der Waals surface area contributed by atoms with Crippen LogP contribution in [0.4, 0.5) is 0 Å². The first-order valence-corrected chi connectivity index (χ1v) is 9.72. The van der Waals surface area contributed by atoms with Crippen molar-refractivity contribution in [3.05, 3.63) is 0 Å². The van der Waals surface area contributed by atoms with Gasteiger partial charge in [0.1, 0.15) is 42.7 Å². The van der Waals surface area contributed by atoms with Crippen LogP contribution in [0, 0.1) is 0 Å². The molecular formula is C9H20O14P2. The van der Waals surface area contributed by atoms with Crippen LogP contribution >= 0.6 is 15.6 Å². The van der Waals surface area contributed by atoms with E-state index in [1.165, 1.54) is 0 Å². The maximum atomic E-state index is 11.7. The molecule has 9 N–H and O–H groups in total. The van der Waals surface area contributed by atoms with E-state index in [2.05, 4.69) is 13.6 Å². The molecule has 25 heavy (non-hydrogen) atoms. The van der Waals surface area contributed by atoms with Crippen molar-refractivity contribution in [2.75, 3.05) is 13.2 Å². The van der Waals surface area contributed by atoms with Crippen molar-refractivity contribution in [3.8, 4) is 0 Å². The van der Waals surface area contributed by atoms with Crippen molar-refractivity contribution in [1.29, 1.82) is 0 Å². The molecule has 1 rings (SSSR count). The maximum Gasteiger partial charge on any atom is 0.472 e. The number of hydrogen-bond donors (Lipinski definition) is 9. The largest absolute Gasteiger partial charge is 0.472 e. The number of phosphoric acid groups is 2. The van der Waals surface area contributed by atoms with Crippen molar-refractivity contribution >= 4 is 15.6 Å². The highest BCUT2D eigenvalue weighted by Gasteiger charge is 2.54. The minimum absolute atomic E-state index is 0.798. The van der Waals surface area contributed by atoms with E-state index in [9.17, 15) is 34.4 Å². The van der Waals surface area contributed by atoms with Crippen LogP contribution in [0.15, 0.2) is 0 Å². The topological polar surface area (TPSA) is 244 Å².